The molecule has 5 heteroatoms. The van der Waals surface area contributed by atoms with Gasteiger partial charge in [-0.15, -0.1) is 0 Å². The highest BCUT2D eigenvalue weighted by atomic mass is 16.5. The molecule has 1 aliphatic heterocycles. The van der Waals surface area contributed by atoms with Crippen LogP contribution in [0, 0.1) is 0 Å². The number of aromatic nitrogens is 2. The summed E-state index contributed by atoms with van der Waals surface area (Å²) in [5.74, 6) is 0.0201. The molecule has 0 radical (unpaired) electrons. The average molecular weight is 285 g/mol. The molecule has 1 aliphatic rings. The highest BCUT2D eigenvalue weighted by Gasteiger charge is 2.28. The Morgan fingerprint density at radius 2 is 2.10 bits per heavy atom. The molecule has 5 nitrogen and oxygen atoms in total. The number of ether oxygens (including phenoxy) is 1. The molecule has 110 valence electrons. The topological polar surface area (TPSA) is 47.4 Å². The summed E-state index contributed by atoms with van der Waals surface area (Å²) in [5.41, 5.74) is 2.46. The lowest BCUT2D eigenvalue weighted by atomic mass is 10.1. The lowest BCUT2D eigenvalue weighted by Crippen LogP contribution is -2.31. The molecule has 1 amide bonds. The Morgan fingerprint density at radius 1 is 1.33 bits per heavy atom. The molecule has 2 aromatic rings. The van der Waals surface area contributed by atoms with Crippen LogP contribution in [-0.2, 0) is 11.8 Å². The van der Waals surface area contributed by atoms with Gasteiger partial charge < -0.3 is 9.64 Å². The molecule has 0 N–H and O–H groups in total. The minimum absolute atomic E-state index is 0.0201. The molecule has 2 heterocycles. The van der Waals surface area contributed by atoms with Crippen molar-refractivity contribution in [3.05, 3.63) is 42.1 Å². The third-order valence-corrected chi connectivity index (χ3v) is 3.93. The van der Waals surface area contributed by atoms with Gasteiger partial charge in [0, 0.05) is 32.8 Å². The van der Waals surface area contributed by atoms with Gasteiger partial charge in [-0.3, -0.25) is 9.48 Å². The Morgan fingerprint density at radius 3 is 2.76 bits per heavy atom. The van der Waals surface area contributed by atoms with E-state index in [1.807, 2.05) is 48.3 Å². The van der Waals surface area contributed by atoms with Crippen molar-refractivity contribution in [2.45, 2.75) is 12.5 Å². The smallest absolute Gasteiger partial charge is 0.272 e. The predicted molar refractivity (Wildman–Crippen MR) is 80.0 cm³/mol. The zero-order valence-corrected chi connectivity index (χ0v) is 12.3. The Labute approximate surface area is 124 Å². The molecular formula is C16H19N3O2. The number of hydrogen-bond donors (Lipinski definition) is 0. The standard InChI is InChI=1S/C16H19N3O2/c1-18-15(16(20)19-9-8-13(11-19)21-2)10-14(17-18)12-6-4-3-5-7-12/h3-7,10,13H,8-9,11H2,1-2H3/t13-/m0/s1. The zero-order chi connectivity index (χ0) is 14.8. The van der Waals surface area contributed by atoms with E-state index in [2.05, 4.69) is 5.10 Å². The van der Waals surface area contributed by atoms with Crippen molar-refractivity contribution < 1.29 is 9.53 Å². The van der Waals surface area contributed by atoms with Crippen molar-refractivity contribution in [3.63, 3.8) is 0 Å². The van der Waals surface area contributed by atoms with E-state index in [1.54, 1.807) is 11.8 Å². The molecule has 3 rings (SSSR count). The molecule has 0 saturated carbocycles. The van der Waals surface area contributed by atoms with Crippen molar-refractivity contribution in [3.8, 4) is 11.3 Å². The van der Waals surface area contributed by atoms with Crippen LogP contribution < -0.4 is 0 Å². The molecule has 1 fully saturated rings. The van der Waals surface area contributed by atoms with E-state index >= 15 is 0 Å². The minimum Gasteiger partial charge on any atom is -0.380 e. The van der Waals surface area contributed by atoms with Crippen LogP contribution in [0.1, 0.15) is 16.9 Å². The lowest BCUT2D eigenvalue weighted by molar-refractivity contribution is 0.0714. The fourth-order valence-corrected chi connectivity index (χ4v) is 2.68. The third-order valence-electron chi connectivity index (χ3n) is 3.93. The molecule has 1 saturated heterocycles. The number of benzene rings is 1. The van der Waals surface area contributed by atoms with Crippen molar-refractivity contribution in [1.29, 1.82) is 0 Å². The molecule has 0 bridgehead atoms. The fraction of sp³-hybridized carbons (Fsp3) is 0.375. The van der Waals surface area contributed by atoms with Gasteiger partial charge >= 0.3 is 0 Å². The molecule has 1 atom stereocenters. The van der Waals surface area contributed by atoms with Crippen LogP contribution >= 0.6 is 0 Å². The summed E-state index contributed by atoms with van der Waals surface area (Å²) < 4.78 is 6.97. The van der Waals surface area contributed by atoms with Crippen LogP contribution in [0.4, 0.5) is 0 Å². The van der Waals surface area contributed by atoms with Gasteiger partial charge in [-0.05, 0) is 12.5 Å². The third kappa shape index (κ3) is 2.69. The summed E-state index contributed by atoms with van der Waals surface area (Å²) in [4.78, 5) is 14.4. The summed E-state index contributed by atoms with van der Waals surface area (Å²) >= 11 is 0. The molecule has 0 spiro atoms. The van der Waals surface area contributed by atoms with E-state index in [0.29, 0.717) is 12.2 Å². The Bertz CT molecular complexity index is 636. The lowest BCUT2D eigenvalue weighted by Gasteiger charge is -2.15. The Balaban J connectivity index is 1.83. The number of amides is 1. The van der Waals surface area contributed by atoms with Crippen molar-refractivity contribution in [1.82, 2.24) is 14.7 Å². The summed E-state index contributed by atoms with van der Waals surface area (Å²) in [6, 6.07) is 11.7. The van der Waals surface area contributed by atoms with Crippen molar-refractivity contribution in [2.75, 3.05) is 20.2 Å². The quantitative estimate of drug-likeness (QED) is 0.866. The maximum Gasteiger partial charge on any atom is 0.272 e. The van der Waals surface area contributed by atoms with Gasteiger partial charge in [0.2, 0.25) is 0 Å². The van der Waals surface area contributed by atoms with E-state index in [4.69, 9.17) is 4.74 Å². The van der Waals surface area contributed by atoms with E-state index in [1.165, 1.54) is 0 Å². The molecule has 21 heavy (non-hydrogen) atoms. The van der Waals surface area contributed by atoms with E-state index < -0.39 is 0 Å². The highest BCUT2D eigenvalue weighted by molar-refractivity contribution is 5.94. The first-order valence-corrected chi connectivity index (χ1v) is 7.10. The van der Waals surface area contributed by atoms with Crippen LogP contribution in [0.2, 0.25) is 0 Å². The number of nitrogens with zero attached hydrogens (tertiary/aromatic N) is 3. The first-order chi connectivity index (χ1) is 10.2. The van der Waals surface area contributed by atoms with Crippen LogP contribution in [-0.4, -0.2) is 46.9 Å². The first-order valence-electron chi connectivity index (χ1n) is 7.10. The van der Waals surface area contributed by atoms with Crippen LogP contribution in [0.5, 0.6) is 0 Å². The Hall–Kier alpha value is -2.14. The monoisotopic (exact) mass is 285 g/mol. The molecule has 0 aliphatic carbocycles. The number of hydrogen-bond acceptors (Lipinski definition) is 3. The summed E-state index contributed by atoms with van der Waals surface area (Å²) in [7, 11) is 3.50. The maximum absolute atomic E-state index is 12.6. The number of likely N-dealkylation sites (tertiary alicyclic amines) is 1. The second-order valence-electron chi connectivity index (χ2n) is 5.30. The second kappa shape index (κ2) is 5.69. The van der Waals surface area contributed by atoms with Crippen LogP contribution in [0.3, 0.4) is 0 Å². The summed E-state index contributed by atoms with van der Waals surface area (Å²) in [6.45, 7) is 1.39. The summed E-state index contributed by atoms with van der Waals surface area (Å²) in [6.07, 6.45) is 1.04. The molecule has 1 aromatic carbocycles. The normalized spacial score (nSPS) is 18.2. The zero-order valence-electron chi connectivity index (χ0n) is 12.3. The minimum atomic E-state index is 0.0201. The van der Waals surface area contributed by atoms with Gasteiger partial charge in [0.25, 0.3) is 5.91 Å². The van der Waals surface area contributed by atoms with Crippen molar-refractivity contribution in [2.24, 2.45) is 7.05 Å². The van der Waals surface area contributed by atoms with Crippen LogP contribution in [0.25, 0.3) is 11.3 Å². The van der Waals surface area contributed by atoms with Gasteiger partial charge in [0.05, 0.1) is 11.8 Å². The van der Waals surface area contributed by atoms with Gasteiger partial charge in [-0.2, -0.15) is 5.10 Å². The van der Waals surface area contributed by atoms with E-state index in [0.717, 1.165) is 24.2 Å². The second-order valence-corrected chi connectivity index (χ2v) is 5.30. The van der Waals surface area contributed by atoms with Gasteiger partial charge in [0.1, 0.15) is 5.69 Å². The van der Waals surface area contributed by atoms with Gasteiger partial charge in [-0.1, -0.05) is 30.3 Å². The van der Waals surface area contributed by atoms with Gasteiger partial charge in [-0.25, -0.2) is 0 Å². The predicted octanol–water partition coefficient (Wildman–Crippen LogP) is 1.95. The van der Waals surface area contributed by atoms with E-state index in [-0.39, 0.29) is 12.0 Å². The SMILES string of the molecule is CO[C@H]1CCN(C(=O)c2cc(-c3ccccc3)nn2C)C1. The number of carbonyl (C=O) groups excluding carboxylic acids is 1. The molecule has 0 unspecified atom stereocenters. The average Bonchev–Trinajstić information content (AvgIpc) is 3.14. The van der Waals surface area contributed by atoms with E-state index in [9.17, 15) is 4.79 Å². The fourth-order valence-electron chi connectivity index (χ4n) is 2.68. The maximum atomic E-state index is 12.6. The molecule has 1 aromatic heterocycles. The van der Waals surface area contributed by atoms with Gasteiger partial charge in [0.15, 0.2) is 0 Å². The highest BCUT2D eigenvalue weighted by Crippen LogP contribution is 2.21. The first kappa shape index (κ1) is 13.8. The van der Waals surface area contributed by atoms with Crippen molar-refractivity contribution >= 4 is 5.91 Å². The van der Waals surface area contributed by atoms with Crippen LogP contribution in [0.15, 0.2) is 36.4 Å². The largest absolute Gasteiger partial charge is 0.380 e. The number of aryl methyl sites for hydroxylation is 1. The number of methoxy groups -OCH3 is 1. The Kier molecular flexibility index (Phi) is 3.75. The number of rotatable bonds is 3. The number of carbonyl (C=O) groups is 1. The molecular weight excluding hydrogens is 266 g/mol. The summed E-state index contributed by atoms with van der Waals surface area (Å²) in [5, 5.41) is 4.45.